The Bertz CT molecular complexity index is 495. The predicted molar refractivity (Wildman–Crippen MR) is 68.9 cm³/mol. The molecule has 2 heteroatoms. The molecule has 0 aliphatic heterocycles. The van der Waals surface area contributed by atoms with E-state index in [-0.39, 0.29) is 0 Å². The Kier molecular flexibility index (Phi) is 2.22. The molecule has 0 saturated carbocycles. The zero-order valence-corrected chi connectivity index (χ0v) is 11.0. The van der Waals surface area contributed by atoms with Crippen molar-refractivity contribution in [3.8, 4) is 11.1 Å². The summed E-state index contributed by atoms with van der Waals surface area (Å²) in [6.07, 6.45) is 0.990. The summed E-state index contributed by atoms with van der Waals surface area (Å²) < 4.78 is 2.18. The van der Waals surface area contributed by atoms with Gasteiger partial charge in [0.25, 0.3) is 0 Å². The van der Waals surface area contributed by atoms with Gasteiger partial charge in [0.2, 0.25) is 0 Å². The van der Waals surface area contributed by atoms with Crippen molar-refractivity contribution in [2.75, 3.05) is 0 Å². The molecule has 0 atom stereocenters. The number of fused-ring (bicyclic) bond motifs is 3. The fraction of sp³-hybridized carbons (Fsp3) is 0.0769. The highest BCUT2D eigenvalue weighted by Gasteiger charge is 2.18. The highest BCUT2D eigenvalue weighted by atomic mass is 79.9. The van der Waals surface area contributed by atoms with E-state index in [2.05, 4.69) is 68.3 Å². The summed E-state index contributed by atoms with van der Waals surface area (Å²) in [5, 5.41) is 0. The van der Waals surface area contributed by atoms with Gasteiger partial charge in [-0.05, 0) is 46.9 Å². The van der Waals surface area contributed by atoms with Crippen molar-refractivity contribution in [3.63, 3.8) is 0 Å². The molecule has 1 aliphatic rings. The maximum Gasteiger partial charge on any atom is 0.0257 e. The Morgan fingerprint density at radius 1 is 1.00 bits per heavy atom. The van der Waals surface area contributed by atoms with Gasteiger partial charge in [-0.15, -0.1) is 0 Å². The Morgan fingerprint density at radius 3 is 2.67 bits per heavy atom. The molecule has 0 nitrogen and oxygen atoms in total. The maximum atomic E-state index is 3.50. The molecule has 0 N–H and O–H groups in total. The first kappa shape index (κ1) is 9.61. The van der Waals surface area contributed by atoms with E-state index in [0.717, 1.165) is 15.4 Å². The van der Waals surface area contributed by atoms with Gasteiger partial charge in [0.1, 0.15) is 0 Å². The van der Waals surface area contributed by atoms with Crippen LogP contribution in [0, 0.1) is 6.07 Å². The maximum absolute atomic E-state index is 3.50. The van der Waals surface area contributed by atoms with Crippen LogP contribution < -0.4 is 0 Å². The normalized spacial score (nSPS) is 12.4. The van der Waals surface area contributed by atoms with Crippen LogP contribution in [0.2, 0.25) is 0 Å². The van der Waals surface area contributed by atoms with Crippen LogP contribution in [0.3, 0.4) is 0 Å². The number of hydrogen-bond donors (Lipinski definition) is 0. The lowest BCUT2D eigenvalue weighted by Crippen LogP contribution is -1.80. The fourth-order valence-corrected chi connectivity index (χ4v) is 2.84. The van der Waals surface area contributed by atoms with Gasteiger partial charge in [-0.1, -0.05) is 44.0 Å². The van der Waals surface area contributed by atoms with Crippen molar-refractivity contribution < 1.29 is 0 Å². The molecular formula is C13H7Br2. The Hall–Kier alpha value is -0.600. The molecule has 1 aliphatic carbocycles. The van der Waals surface area contributed by atoms with Crippen molar-refractivity contribution in [2.45, 2.75) is 6.42 Å². The second kappa shape index (κ2) is 3.46. The Morgan fingerprint density at radius 2 is 1.80 bits per heavy atom. The van der Waals surface area contributed by atoms with Crippen LogP contribution in [0.1, 0.15) is 11.1 Å². The van der Waals surface area contributed by atoms with Gasteiger partial charge < -0.3 is 0 Å². The van der Waals surface area contributed by atoms with E-state index >= 15 is 0 Å². The molecular weight excluding hydrogens is 316 g/mol. The molecule has 15 heavy (non-hydrogen) atoms. The molecule has 0 bridgehead atoms. The second-order valence-electron chi connectivity index (χ2n) is 3.68. The molecule has 0 unspecified atom stereocenters. The van der Waals surface area contributed by atoms with Crippen LogP contribution in [-0.2, 0) is 6.42 Å². The van der Waals surface area contributed by atoms with Crippen LogP contribution >= 0.6 is 31.9 Å². The molecule has 0 spiro atoms. The zero-order chi connectivity index (χ0) is 10.4. The molecule has 1 radical (unpaired) electrons. The van der Waals surface area contributed by atoms with Crippen molar-refractivity contribution in [1.29, 1.82) is 0 Å². The third-order valence-corrected chi connectivity index (χ3v) is 3.67. The minimum Gasteiger partial charge on any atom is -0.0530 e. The number of rotatable bonds is 0. The van der Waals surface area contributed by atoms with Gasteiger partial charge in [-0.3, -0.25) is 0 Å². The first-order chi connectivity index (χ1) is 7.24. The lowest BCUT2D eigenvalue weighted by atomic mass is 10.1. The van der Waals surface area contributed by atoms with Crippen LogP contribution in [0.15, 0.2) is 39.3 Å². The summed E-state index contributed by atoms with van der Waals surface area (Å²) in [6.45, 7) is 0. The quantitative estimate of drug-likeness (QED) is 0.568. The number of hydrogen-bond acceptors (Lipinski definition) is 0. The molecule has 2 aromatic rings. The summed E-state index contributed by atoms with van der Waals surface area (Å²) >= 11 is 6.96. The van der Waals surface area contributed by atoms with E-state index in [1.807, 2.05) is 0 Å². The number of halogens is 2. The standard InChI is InChI=1S/C13H7Br2/c14-10-1-3-12-8(6-10)5-9-7-11(15)2-4-13(9)12/h1-4,6H,5H2. The van der Waals surface area contributed by atoms with E-state index in [9.17, 15) is 0 Å². The Balaban J connectivity index is 2.24. The summed E-state index contributed by atoms with van der Waals surface area (Å²) in [5.74, 6) is 0. The third kappa shape index (κ3) is 1.56. The van der Waals surface area contributed by atoms with Gasteiger partial charge in [-0.25, -0.2) is 0 Å². The summed E-state index contributed by atoms with van der Waals surface area (Å²) in [4.78, 5) is 0. The summed E-state index contributed by atoms with van der Waals surface area (Å²) in [5.41, 5.74) is 5.34. The minimum atomic E-state index is 0.990. The monoisotopic (exact) mass is 321 g/mol. The van der Waals surface area contributed by atoms with Crippen molar-refractivity contribution in [1.82, 2.24) is 0 Å². The molecule has 0 aromatic heterocycles. The van der Waals surface area contributed by atoms with Crippen LogP contribution in [0.25, 0.3) is 11.1 Å². The number of benzene rings is 2. The zero-order valence-electron chi connectivity index (χ0n) is 7.85. The average Bonchev–Trinajstić information content (AvgIpc) is 2.53. The van der Waals surface area contributed by atoms with E-state index < -0.39 is 0 Å². The van der Waals surface area contributed by atoms with E-state index in [0.29, 0.717) is 0 Å². The topological polar surface area (TPSA) is 0 Å². The molecule has 0 heterocycles. The first-order valence-corrected chi connectivity index (χ1v) is 6.32. The van der Waals surface area contributed by atoms with Crippen molar-refractivity contribution in [2.24, 2.45) is 0 Å². The summed E-state index contributed by atoms with van der Waals surface area (Å²) in [7, 11) is 0. The second-order valence-corrected chi connectivity index (χ2v) is 5.45. The van der Waals surface area contributed by atoms with Crippen molar-refractivity contribution >= 4 is 31.9 Å². The van der Waals surface area contributed by atoms with Gasteiger partial charge in [-0.2, -0.15) is 0 Å². The van der Waals surface area contributed by atoms with E-state index in [1.54, 1.807) is 0 Å². The van der Waals surface area contributed by atoms with Gasteiger partial charge in [0.15, 0.2) is 0 Å². The Labute approximate surface area is 106 Å². The minimum absolute atomic E-state index is 0.990. The molecule has 0 saturated heterocycles. The SMILES string of the molecule is Brc1[c]c2c(cc1)-c1ccc(Br)cc1C2. The summed E-state index contributed by atoms with van der Waals surface area (Å²) in [6, 6.07) is 14.0. The van der Waals surface area contributed by atoms with E-state index in [4.69, 9.17) is 0 Å². The lowest BCUT2D eigenvalue weighted by Gasteiger charge is -2.00. The highest BCUT2D eigenvalue weighted by Crippen LogP contribution is 2.38. The van der Waals surface area contributed by atoms with Gasteiger partial charge in [0, 0.05) is 15.0 Å². The largest absolute Gasteiger partial charge is 0.0530 e. The van der Waals surface area contributed by atoms with Crippen LogP contribution in [-0.4, -0.2) is 0 Å². The molecule has 73 valence electrons. The smallest absolute Gasteiger partial charge is 0.0257 e. The van der Waals surface area contributed by atoms with Crippen molar-refractivity contribution in [3.05, 3.63) is 56.5 Å². The van der Waals surface area contributed by atoms with Crippen LogP contribution in [0.5, 0.6) is 0 Å². The molecule has 3 rings (SSSR count). The average molecular weight is 323 g/mol. The van der Waals surface area contributed by atoms with E-state index in [1.165, 1.54) is 22.3 Å². The van der Waals surface area contributed by atoms with Gasteiger partial charge in [0.05, 0.1) is 0 Å². The first-order valence-electron chi connectivity index (χ1n) is 4.73. The predicted octanol–water partition coefficient (Wildman–Crippen LogP) is 4.58. The van der Waals surface area contributed by atoms with Gasteiger partial charge >= 0.3 is 0 Å². The molecule has 0 amide bonds. The van der Waals surface area contributed by atoms with Crippen LogP contribution in [0.4, 0.5) is 0 Å². The highest BCUT2D eigenvalue weighted by molar-refractivity contribution is 9.10. The molecule has 2 aromatic carbocycles. The lowest BCUT2D eigenvalue weighted by molar-refractivity contribution is 1.25. The third-order valence-electron chi connectivity index (χ3n) is 2.72. The fourth-order valence-electron chi connectivity index (χ4n) is 2.06. The molecule has 0 fully saturated rings.